The van der Waals surface area contributed by atoms with Gasteiger partial charge in [0.05, 0.1) is 17.7 Å². The van der Waals surface area contributed by atoms with Crippen LogP contribution in [0.3, 0.4) is 0 Å². The van der Waals surface area contributed by atoms with Gasteiger partial charge in [0.2, 0.25) is 5.91 Å². The molecule has 1 aromatic carbocycles. The maximum absolute atomic E-state index is 12.1. The summed E-state index contributed by atoms with van der Waals surface area (Å²) < 4.78 is 7.43. The molecule has 1 atom stereocenters. The molecule has 116 valence electrons. The SMILES string of the molecule is O=C(CCCn1cccn1)NC1CCOc2c(Cl)cccc21. The van der Waals surface area contributed by atoms with Crippen LogP contribution in [-0.4, -0.2) is 22.3 Å². The Labute approximate surface area is 134 Å². The van der Waals surface area contributed by atoms with E-state index < -0.39 is 0 Å². The Hall–Kier alpha value is -2.01. The van der Waals surface area contributed by atoms with Crippen molar-refractivity contribution in [2.45, 2.75) is 31.8 Å². The number of hydrogen-bond donors (Lipinski definition) is 1. The van der Waals surface area contributed by atoms with Crippen LogP contribution in [-0.2, 0) is 11.3 Å². The van der Waals surface area contributed by atoms with Crippen LogP contribution in [0.2, 0.25) is 5.02 Å². The van der Waals surface area contributed by atoms with Gasteiger partial charge in [-0.05, 0) is 18.6 Å². The molecule has 1 aromatic heterocycles. The van der Waals surface area contributed by atoms with Crippen LogP contribution in [0, 0.1) is 0 Å². The van der Waals surface area contributed by atoms with Crippen molar-refractivity contribution >= 4 is 17.5 Å². The molecule has 0 bridgehead atoms. The molecule has 22 heavy (non-hydrogen) atoms. The molecule has 1 amide bonds. The van der Waals surface area contributed by atoms with Crippen LogP contribution in [0.25, 0.3) is 0 Å². The number of aryl methyl sites for hydroxylation is 1. The van der Waals surface area contributed by atoms with Crippen LogP contribution in [0.5, 0.6) is 5.75 Å². The zero-order valence-corrected chi connectivity index (χ0v) is 12.9. The van der Waals surface area contributed by atoms with Gasteiger partial charge in [-0.15, -0.1) is 0 Å². The van der Waals surface area contributed by atoms with Crippen LogP contribution >= 0.6 is 11.6 Å². The van der Waals surface area contributed by atoms with Gasteiger partial charge in [-0.2, -0.15) is 5.10 Å². The summed E-state index contributed by atoms with van der Waals surface area (Å²) in [5.74, 6) is 0.738. The summed E-state index contributed by atoms with van der Waals surface area (Å²) in [4.78, 5) is 12.1. The Morgan fingerprint density at radius 3 is 3.18 bits per heavy atom. The van der Waals surface area contributed by atoms with Gasteiger partial charge in [-0.25, -0.2) is 0 Å². The van der Waals surface area contributed by atoms with Gasteiger partial charge in [0, 0.05) is 37.3 Å². The van der Waals surface area contributed by atoms with Crippen molar-refractivity contribution in [2.75, 3.05) is 6.61 Å². The molecule has 1 aliphatic rings. The van der Waals surface area contributed by atoms with E-state index in [-0.39, 0.29) is 11.9 Å². The summed E-state index contributed by atoms with van der Waals surface area (Å²) in [5, 5.41) is 7.79. The van der Waals surface area contributed by atoms with Gasteiger partial charge in [0.1, 0.15) is 5.75 Å². The van der Waals surface area contributed by atoms with Crippen molar-refractivity contribution < 1.29 is 9.53 Å². The summed E-state index contributed by atoms with van der Waals surface area (Å²) in [6, 6.07) is 7.49. The smallest absolute Gasteiger partial charge is 0.220 e. The Balaban J connectivity index is 1.55. The zero-order valence-electron chi connectivity index (χ0n) is 12.2. The molecule has 2 heterocycles. The molecule has 0 radical (unpaired) electrons. The quantitative estimate of drug-likeness (QED) is 0.921. The molecule has 1 aliphatic heterocycles. The number of hydrogen-bond acceptors (Lipinski definition) is 3. The first-order chi connectivity index (χ1) is 10.7. The normalized spacial score (nSPS) is 16.7. The van der Waals surface area contributed by atoms with Crippen LogP contribution in [0.4, 0.5) is 0 Å². The molecule has 0 spiro atoms. The Kier molecular flexibility index (Phi) is 4.63. The molecular formula is C16H18ClN3O2. The first-order valence-electron chi connectivity index (χ1n) is 7.42. The molecule has 3 rings (SSSR count). The topological polar surface area (TPSA) is 56.2 Å². The molecule has 0 saturated heterocycles. The minimum atomic E-state index is -0.0281. The van der Waals surface area contributed by atoms with Gasteiger partial charge < -0.3 is 10.1 Å². The van der Waals surface area contributed by atoms with Crippen LogP contribution in [0.15, 0.2) is 36.7 Å². The van der Waals surface area contributed by atoms with Crippen molar-refractivity contribution in [1.29, 1.82) is 0 Å². The third-order valence-corrected chi connectivity index (χ3v) is 4.01. The van der Waals surface area contributed by atoms with Gasteiger partial charge in [-0.3, -0.25) is 9.48 Å². The number of amides is 1. The highest BCUT2D eigenvalue weighted by Crippen LogP contribution is 2.37. The average Bonchev–Trinajstić information content (AvgIpc) is 3.02. The lowest BCUT2D eigenvalue weighted by molar-refractivity contribution is -0.122. The summed E-state index contributed by atoms with van der Waals surface area (Å²) >= 11 is 6.14. The second kappa shape index (κ2) is 6.83. The van der Waals surface area contributed by atoms with E-state index in [1.165, 1.54) is 0 Å². The fourth-order valence-electron chi connectivity index (χ4n) is 2.64. The van der Waals surface area contributed by atoms with Crippen molar-refractivity contribution in [3.63, 3.8) is 0 Å². The highest BCUT2D eigenvalue weighted by Gasteiger charge is 2.24. The van der Waals surface area contributed by atoms with Crippen molar-refractivity contribution in [3.8, 4) is 5.75 Å². The third-order valence-electron chi connectivity index (χ3n) is 3.71. The molecule has 2 aromatic rings. The maximum atomic E-state index is 12.1. The largest absolute Gasteiger partial charge is 0.492 e. The van der Waals surface area contributed by atoms with E-state index in [1.807, 2.05) is 29.1 Å². The lowest BCUT2D eigenvalue weighted by atomic mass is 10.0. The van der Waals surface area contributed by atoms with Crippen LogP contribution < -0.4 is 10.1 Å². The number of carbonyl (C=O) groups excluding carboxylic acids is 1. The molecule has 1 N–H and O–H groups in total. The second-order valence-electron chi connectivity index (χ2n) is 5.29. The van der Waals surface area contributed by atoms with Crippen LogP contribution in [0.1, 0.15) is 30.9 Å². The number of ether oxygens (including phenoxy) is 1. The van der Waals surface area contributed by atoms with Gasteiger partial charge in [0.15, 0.2) is 0 Å². The highest BCUT2D eigenvalue weighted by atomic mass is 35.5. The van der Waals surface area contributed by atoms with E-state index in [2.05, 4.69) is 10.4 Å². The highest BCUT2D eigenvalue weighted by molar-refractivity contribution is 6.32. The Bertz CT molecular complexity index is 643. The summed E-state index contributed by atoms with van der Waals surface area (Å²) in [6.45, 7) is 1.31. The fraction of sp³-hybridized carbons (Fsp3) is 0.375. The van der Waals surface area contributed by atoms with Crippen molar-refractivity contribution in [3.05, 3.63) is 47.2 Å². The van der Waals surface area contributed by atoms with E-state index in [0.29, 0.717) is 23.8 Å². The minimum Gasteiger partial charge on any atom is -0.492 e. The summed E-state index contributed by atoms with van der Waals surface area (Å²) in [7, 11) is 0. The predicted molar refractivity (Wildman–Crippen MR) is 83.9 cm³/mol. The summed E-state index contributed by atoms with van der Waals surface area (Å²) in [5.41, 5.74) is 0.958. The van der Waals surface area contributed by atoms with E-state index >= 15 is 0 Å². The van der Waals surface area contributed by atoms with Crippen molar-refractivity contribution in [1.82, 2.24) is 15.1 Å². The molecule has 0 saturated carbocycles. The van der Waals surface area contributed by atoms with Gasteiger partial charge in [-0.1, -0.05) is 23.7 Å². The molecule has 5 nitrogen and oxygen atoms in total. The monoisotopic (exact) mass is 319 g/mol. The fourth-order valence-corrected chi connectivity index (χ4v) is 2.87. The first kappa shape index (κ1) is 14.9. The number of carbonyl (C=O) groups is 1. The van der Waals surface area contributed by atoms with Gasteiger partial charge >= 0.3 is 0 Å². The third kappa shape index (κ3) is 3.42. The number of rotatable bonds is 5. The van der Waals surface area contributed by atoms with Gasteiger partial charge in [0.25, 0.3) is 0 Å². The maximum Gasteiger partial charge on any atom is 0.220 e. The predicted octanol–water partition coefficient (Wildman–Crippen LogP) is 2.96. The van der Waals surface area contributed by atoms with E-state index in [9.17, 15) is 4.79 Å². The zero-order chi connectivity index (χ0) is 15.4. The number of nitrogens with one attached hydrogen (secondary N) is 1. The number of halogens is 1. The van der Waals surface area contributed by atoms with E-state index in [4.69, 9.17) is 16.3 Å². The van der Waals surface area contributed by atoms with E-state index in [0.717, 1.165) is 24.9 Å². The number of aromatic nitrogens is 2. The summed E-state index contributed by atoms with van der Waals surface area (Å²) in [6.07, 6.45) is 5.64. The molecule has 1 unspecified atom stereocenters. The number of fused-ring (bicyclic) bond motifs is 1. The van der Waals surface area contributed by atoms with E-state index in [1.54, 1.807) is 12.3 Å². The lowest BCUT2D eigenvalue weighted by Gasteiger charge is -2.27. The second-order valence-corrected chi connectivity index (χ2v) is 5.70. The number of benzene rings is 1. The number of nitrogens with zero attached hydrogens (tertiary/aromatic N) is 2. The Morgan fingerprint density at radius 1 is 1.45 bits per heavy atom. The molecule has 0 aliphatic carbocycles. The minimum absolute atomic E-state index is 0.0281. The molecule has 6 heteroatoms. The standard InChI is InChI=1S/C16H18ClN3O2/c17-13-5-1-4-12-14(7-11-22-16(12)13)19-15(21)6-2-9-20-10-3-8-18-20/h1,3-5,8,10,14H,2,6-7,9,11H2,(H,19,21). The first-order valence-corrected chi connectivity index (χ1v) is 7.80. The lowest BCUT2D eigenvalue weighted by Crippen LogP contribution is -2.32. The average molecular weight is 320 g/mol. The molecule has 0 fully saturated rings. The number of para-hydroxylation sites is 1. The Morgan fingerprint density at radius 2 is 2.36 bits per heavy atom. The van der Waals surface area contributed by atoms with Crippen molar-refractivity contribution in [2.24, 2.45) is 0 Å². The molecular weight excluding hydrogens is 302 g/mol.